The summed E-state index contributed by atoms with van der Waals surface area (Å²) < 4.78 is 5.78. The van der Waals surface area contributed by atoms with E-state index < -0.39 is 17.5 Å². The van der Waals surface area contributed by atoms with Crippen LogP contribution in [-0.4, -0.2) is 41.6 Å². The first-order valence-electron chi connectivity index (χ1n) is 9.55. The number of carbonyl (C=O) groups is 3. The number of urea groups is 1. The third-order valence-electron chi connectivity index (χ3n) is 4.93. The highest BCUT2D eigenvalue weighted by Gasteiger charge is 2.51. The van der Waals surface area contributed by atoms with Gasteiger partial charge >= 0.3 is 6.03 Å². The van der Waals surface area contributed by atoms with Gasteiger partial charge in [0.2, 0.25) is 5.91 Å². The number of nitrogens with one attached hydrogen (secondary N) is 2. The molecule has 0 spiro atoms. The van der Waals surface area contributed by atoms with Gasteiger partial charge in [-0.15, -0.1) is 11.8 Å². The summed E-state index contributed by atoms with van der Waals surface area (Å²) in [5.74, 6) is 0.123. The van der Waals surface area contributed by atoms with Crippen LogP contribution in [-0.2, 0) is 15.1 Å². The number of benzene rings is 2. The number of amides is 4. The number of hydrogen-bond donors (Lipinski definition) is 2. The molecule has 154 valence electrons. The van der Waals surface area contributed by atoms with Crippen molar-refractivity contribution in [1.82, 2.24) is 15.5 Å². The molecule has 2 heterocycles. The number of para-hydroxylation sites is 1. The Balaban J connectivity index is 1.36. The van der Waals surface area contributed by atoms with Gasteiger partial charge in [-0.1, -0.05) is 36.4 Å². The summed E-state index contributed by atoms with van der Waals surface area (Å²) in [5.41, 5.74) is -0.720. The third-order valence-corrected chi connectivity index (χ3v) is 5.94. The number of nitrogens with zero attached hydrogens (tertiary/aromatic N) is 1. The maximum absolute atomic E-state index is 13.0. The molecule has 0 radical (unpaired) electrons. The lowest BCUT2D eigenvalue weighted by molar-refractivity contribution is -0.135. The minimum absolute atomic E-state index is 0.337. The summed E-state index contributed by atoms with van der Waals surface area (Å²) in [5, 5.41) is 6.25. The fourth-order valence-corrected chi connectivity index (χ4v) is 4.10. The van der Waals surface area contributed by atoms with Gasteiger partial charge in [-0.2, -0.15) is 0 Å². The zero-order valence-electron chi connectivity index (χ0n) is 16.4. The molecular weight excluding hydrogens is 402 g/mol. The summed E-state index contributed by atoms with van der Waals surface area (Å²) >= 11 is 1.62. The Kier molecular flexibility index (Phi) is 5.50. The molecule has 3 aromatic rings. The van der Waals surface area contributed by atoms with Crippen LogP contribution in [0.2, 0.25) is 0 Å². The van der Waals surface area contributed by atoms with Gasteiger partial charge in [0.25, 0.3) is 5.91 Å². The lowest BCUT2D eigenvalue weighted by Crippen LogP contribution is -2.43. The Morgan fingerprint density at radius 2 is 1.87 bits per heavy atom. The first-order chi connectivity index (χ1) is 14.5. The van der Waals surface area contributed by atoms with Crippen LogP contribution in [0.3, 0.4) is 0 Å². The SMILES string of the molecule is CC1(c2cc3ccccc3o2)NC(=O)N(CC(=O)NCCSc2ccccc2)C1=O. The molecule has 1 aromatic heterocycles. The van der Waals surface area contributed by atoms with Crippen LogP contribution in [0.4, 0.5) is 4.79 Å². The largest absolute Gasteiger partial charge is 0.458 e. The van der Waals surface area contributed by atoms with Crippen LogP contribution in [0.25, 0.3) is 11.0 Å². The van der Waals surface area contributed by atoms with Crippen molar-refractivity contribution < 1.29 is 18.8 Å². The summed E-state index contributed by atoms with van der Waals surface area (Å²) in [7, 11) is 0. The van der Waals surface area contributed by atoms with Crippen molar-refractivity contribution in [3.63, 3.8) is 0 Å². The van der Waals surface area contributed by atoms with E-state index in [0.29, 0.717) is 23.6 Å². The van der Waals surface area contributed by atoms with Crippen molar-refractivity contribution in [2.24, 2.45) is 0 Å². The highest BCUT2D eigenvalue weighted by Crippen LogP contribution is 2.32. The van der Waals surface area contributed by atoms with Crippen LogP contribution in [0.1, 0.15) is 12.7 Å². The lowest BCUT2D eigenvalue weighted by atomic mass is 9.99. The fourth-order valence-electron chi connectivity index (χ4n) is 3.31. The molecule has 0 aliphatic carbocycles. The fraction of sp³-hybridized carbons (Fsp3) is 0.227. The van der Waals surface area contributed by atoms with Crippen molar-refractivity contribution in [2.45, 2.75) is 17.4 Å². The molecule has 4 amide bonds. The summed E-state index contributed by atoms with van der Waals surface area (Å²) in [4.78, 5) is 39.7. The standard InChI is InChI=1S/C22H21N3O4S/c1-22(18-13-15-7-5-6-10-17(15)29-18)20(27)25(21(28)24-22)14-19(26)23-11-12-30-16-8-3-2-4-9-16/h2-10,13H,11-12,14H2,1H3,(H,23,26)(H,24,28). The molecule has 1 fully saturated rings. The number of imide groups is 1. The van der Waals surface area contributed by atoms with Crippen LogP contribution < -0.4 is 10.6 Å². The molecular formula is C22H21N3O4S. The first kappa shape index (κ1) is 20.0. The van der Waals surface area contributed by atoms with Gasteiger partial charge in [-0.25, -0.2) is 4.79 Å². The highest BCUT2D eigenvalue weighted by atomic mass is 32.2. The predicted octanol–water partition coefficient (Wildman–Crippen LogP) is 3.11. The minimum Gasteiger partial charge on any atom is -0.458 e. The average molecular weight is 423 g/mol. The van der Waals surface area contributed by atoms with Crippen LogP contribution in [0, 0.1) is 0 Å². The molecule has 1 aliphatic heterocycles. The number of thioether (sulfide) groups is 1. The van der Waals surface area contributed by atoms with E-state index in [4.69, 9.17) is 4.42 Å². The summed E-state index contributed by atoms with van der Waals surface area (Å²) in [6.45, 7) is 1.68. The molecule has 1 aliphatic rings. The quantitative estimate of drug-likeness (QED) is 0.346. The molecule has 8 heteroatoms. The number of fused-ring (bicyclic) bond motifs is 1. The summed E-state index contributed by atoms with van der Waals surface area (Å²) in [6.07, 6.45) is 0. The molecule has 30 heavy (non-hydrogen) atoms. The van der Waals surface area contributed by atoms with Gasteiger partial charge in [-0.3, -0.25) is 14.5 Å². The van der Waals surface area contributed by atoms with E-state index in [0.717, 1.165) is 15.2 Å². The topological polar surface area (TPSA) is 91.7 Å². The van der Waals surface area contributed by atoms with E-state index in [1.807, 2.05) is 48.5 Å². The Bertz CT molecular complexity index is 1060. The van der Waals surface area contributed by atoms with Gasteiger partial charge in [0.1, 0.15) is 17.9 Å². The minimum atomic E-state index is -1.35. The average Bonchev–Trinajstić information content (AvgIpc) is 3.28. The molecule has 2 N–H and O–H groups in total. The van der Waals surface area contributed by atoms with E-state index in [2.05, 4.69) is 10.6 Å². The lowest BCUT2D eigenvalue weighted by Gasteiger charge is -2.18. The monoisotopic (exact) mass is 423 g/mol. The van der Waals surface area contributed by atoms with Crippen molar-refractivity contribution in [2.75, 3.05) is 18.8 Å². The maximum Gasteiger partial charge on any atom is 0.325 e. The first-order valence-corrected chi connectivity index (χ1v) is 10.5. The van der Waals surface area contributed by atoms with Gasteiger partial charge in [0.05, 0.1) is 0 Å². The molecule has 1 atom stereocenters. The smallest absolute Gasteiger partial charge is 0.325 e. The molecule has 0 bridgehead atoms. The Morgan fingerprint density at radius 3 is 2.63 bits per heavy atom. The van der Waals surface area contributed by atoms with E-state index in [1.165, 1.54) is 0 Å². The number of hydrogen-bond acceptors (Lipinski definition) is 5. The zero-order chi connectivity index (χ0) is 21.1. The van der Waals surface area contributed by atoms with Gasteiger partial charge in [0, 0.05) is 22.6 Å². The molecule has 2 aromatic carbocycles. The zero-order valence-corrected chi connectivity index (χ0v) is 17.2. The van der Waals surface area contributed by atoms with Crippen molar-refractivity contribution in [1.29, 1.82) is 0 Å². The second kappa shape index (κ2) is 8.23. The molecule has 4 rings (SSSR count). The van der Waals surface area contributed by atoms with Crippen molar-refractivity contribution in [3.05, 3.63) is 66.4 Å². The second-order valence-corrected chi connectivity index (χ2v) is 8.27. The van der Waals surface area contributed by atoms with Crippen LogP contribution in [0.15, 0.2) is 70.0 Å². The van der Waals surface area contributed by atoms with Crippen molar-refractivity contribution >= 4 is 40.6 Å². The van der Waals surface area contributed by atoms with E-state index in [-0.39, 0.29) is 12.5 Å². The number of carbonyl (C=O) groups excluding carboxylic acids is 3. The van der Waals surface area contributed by atoms with Crippen molar-refractivity contribution in [3.8, 4) is 0 Å². The normalized spacial score (nSPS) is 18.6. The Labute approximate surface area is 177 Å². The van der Waals surface area contributed by atoms with E-state index in [9.17, 15) is 14.4 Å². The molecule has 1 saturated heterocycles. The second-order valence-electron chi connectivity index (χ2n) is 7.11. The van der Waals surface area contributed by atoms with E-state index >= 15 is 0 Å². The predicted molar refractivity (Wildman–Crippen MR) is 114 cm³/mol. The maximum atomic E-state index is 13.0. The van der Waals surface area contributed by atoms with Crippen LogP contribution in [0.5, 0.6) is 0 Å². The van der Waals surface area contributed by atoms with Crippen LogP contribution >= 0.6 is 11.8 Å². The van der Waals surface area contributed by atoms with Gasteiger partial charge in [0.15, 0.2) is 5.54 Å². The van der Waals surface area contributed by atoms with Gasteiger partial charge in [-0.05, 0) is 31.2 Å². The Hall–Kier alpha value is -3.26. The highest BCUT2D eigenvalue weighted by molar-refractivity contribution is 7.99. The Morgan fingerprint density at radius 1 is 1.13 bits per heavy atom. The number of rotatable bonds is 7. The molecule has 1 unspecified atom stereocenters. The molecule has 7 nitrogen and oxygen atoms in total. The van der Waals surface area contributed by atoms with Gasteiger partial charge < -0.3 is 15.1 Å². The van der Waals surface area contributed by atoms with E-state index in [1.54, 1.807) is 30.8 Å². The summed E-state index contributed by atoms with van der Waals surface area (Å²) in [6, 6.07) is 18.3. The third kappa shape index (κ3) is 3.91. The number of furan rings is 1. The molecule has 0 saturated carbocycles.